The number of benzene rings is 2. The van der Waals surface area contributed by atoms with Crippen molar-refractivity contribution in [2.24, 2.45) is 0 Å². The molecule has 4 aliphatic rings. The Hall–Kier alpha value is -4.16. The topological polar surface area (TPSA) is 106 Å². The molecule has 0 amide bonds. The first-order valence-corrected chi connectivity index (χ1v) is 15.7. The van der Waals surface area contributed by atoms with Gasteiger partial charge in [0.2, 0.25) is 0 Å². The number of nitrogens with zero attached hydrogens (tertiary/aromatic N) is 6. The van der Waals surface area contributed by atoms with Gasteiger partial charge in [0.1, 0.15) is 36.0 Å². The third kappa shape index (κ3) is 4.78. The van der Waals surface area contributed by atoms with Gasteiger partial charge in [0, 0.05) is 54.5 Å². The van der Waals surface area contributed by atoms with Crippen molar-refractivity contribution in [1.82, 2.24) is 30.4 Å². The highest BCUT2D eigenvalue weighted by Gasteiger charge is 2.49. The van der Waals surface area contributed by atoms with E-state index in [2.05, 4.69) is 25.5 Å². The van der Waals surface area contributed by atoms with Crippen molar-refractivity contribution in [3.8, 4) is 23.2 Å². The molecule has 2 aromatic carbocycles. The average molecular weight is 657 g/mol. The van der Waals surface area contributed by atoms with E-state index in [0.717, 1.165) is 37.9 Å². The fourth-order valence-electron chi connectivity index (χ4n) is 8.33. The summed E-state index contributed by atoms with van der Waals surface area (Å²) in [6, 6.07) is 3.86. The molecule has 4 atom stereocenters. The van der Waals surface area contributed by atoms with Crippen LogP contribution in [0.15, 0.2) is 12.1 Å². The van der Waals surface area contributed by atoms with E-state index in [0.29, 0.717) is 26.1 Å². The second-order valence-corrected chi connectivity index (χ2v) is 13.2. The highest BCUT2D eigenvalue weighted by molar-refractivity contribution is 6.03. The van der Waals surface area contributed by atoms with Crippen LogP contribution in [0.5, 0.6) is 6.01 Å². The molecule has 15 heteroatoms. The van der Waals surface area contributed by atoms with Crippen molar-refractivity contribution in [3.05, 3.63) is 40.6 Å². The van der Waals surface area contributed by atoms with E-state index in [4.69, 9.17) is 4.74 Å². The first-order chi connectivity index (χ1) is 22.5. The lowest BCUT2D eigenvalue weighted by atomic mass is 9.89. The van der Waals surface area contributed by atoms with Crippen molar-refractivity contribution in [3.63, 3.8) is 0 Å². The lowest BCUT2D eigenvalue weighted by Gasteiger charge is -2.34. The van der Waals surface area contributed by atoms with Crippen LogP contribution in [0.1, 0.15) is 48.9 Å². The molecule has 0 saturated carbocycles. The van der Waals surface area contributed by atoms with Gasteiger partial charge in [-0.1, -0.05) is 0 Å². The molecule has 4 saturated heterocycles. The van der Waals surface area contributed by atoms with Crippen molar-refractivity contribution in [2.45, 2.75) is 69.0 Å². The summed E-state index contributed by atoms with van der Waals surface area (Å²) in [5, 5.41) is 19.1. The van der Waals surface area contributed by atoms with Crippen LogP contribution in [0.4, 0.5) is 32.2 Å². The van der Waals surface area contributed by atoms with Crippen LogP contribution in [-0.2, 0) is 6.18 Å². The Morgan fingerprint density at radius 3 is 2.60 bits per heavy atom. The standard InChI is InChI=1S/C32H30F6N8O/c1-15-7-21-24(22(10-39)44-43-21)25(26(15)32(36,37)38)23-20(34)8-19-28(27(23)35)41-30(42-29(19)45-12-17-3-4-18(13-45)40-17)47-14-31-5-2-6-46(31)11-16(33)9-31/h7-8,16-18,40H,2-6,9,11-14H2,1H3,(H,43,44)/t16-,17-,18+,31+/m1/s1. The number of anilines is 1. The number of ether oxygens (including phenoxy) is 1. The number of fused-ring (bicyclic) bond motifs is 5. The quantitative estimate of drug-likeness (QED) is 0.270. The summed E-state index contributed by atoms with van der Waals surface area (Å²) in [5.74, 6) is -2.41. The molecular formula is C32H30F6N8O. The Balaban J connectivity index is 1.34. The van der Waals surface area contributed by atoms with Crippen LogP contribution in [0.25, 0.3) is 32.9 Å². The number of aromatic amines is 1. The van der Waals surface area contributed by atoms with Crippen LogP contribution in [0.2, 0.25) is 0 Å². The minimum atomic E-state index is -5.03. The third-order valence-corrected chi connectivity index (χ3v) is 10.3. The van der Waals surface area contributed by atoms with E-state index in [1.54, 1.807) is 6.07 Å². The Labute approximate surface area is 264 Å². The maximum absolute atomic E-state index is 16.9. The fourth-order valence-corrected chi connectivity index (χ4v) is 8.33. The molecule has 2 bridgehead atoms. The lowest BCUT2D eigenvalue weighted by molar-refractivity contribution is -0.137. The number of rotatable bonds is 5. The second kappa shape index (κ2) is 10.7. The highest BCUT2D eigenvalue weighted by Crippen LogP contribution is 2.47. The second-order valence-electron chi connectivity index (χ2n) is 13.2. The van der Waals surface area contributed by atoms with Gasteiger partial charge in [0.05, 0.1) is 22.2 Å². The predicted octanol–water partition coefficient (Wildman–Crippen LogP) is 5.55. The van der Waals surface area contributed by atoms with Gasteiger partial charge in [-0.25, -0.2) is 13.2 Å². The molecule has 8 rings (SSSR count). The smallest absolute Gasteiger partial charge is 0.417 e. The number of aromatic nitrogens is 4. The largest absolute Gasteiger partial charge is 0.461 e. The van der Waals surface area contributed by atoms with E-state index in [9.17, 15) is 22.8 Å². The zero-order valence-corrected chi connectivity index (χ0v) is 25.3. The first kappa shape index (κ1) is 30.2. The lowest BCUT2D eigenvalue weighted by Crippen LogP contribution is -2.51. The van der Waals surface area contributed by atoms with Gasteiger partial charge in [0.15, 0.2) is 11.5 Å². The summed E-state index contributed by atoms with van der Waals surface area (Å²) in [6.07, 6.45) is -2.37. The minimum absolute atomic E-state index is 0.0205. The predicted molar refractivity (Wildman–Crippen MR) is 160 cm³/mol. The Morgan fingerprint density at radius 1 is 1.11 bits per heavy atom. The van der Waals surface area contributed by atoms with E-state index in [1.807, 2.05) is 9.80 Å². The highest BCUT2D eigenvalue weighted by atomic mass is 19.4. The van der Waals surface area contributed by atoms with E-state index in [1.165, 1.54) is 6.92 Å². The van der Waals surface area contributed by atoms with E-state index in [-0.39, 0.29) is 58.8 Å². The maximum atomic E-state index is 16.9. The van der Waals surface area contributed by atoms with Gasteiger partial charge in [0.25, 0.3) is 0 Å². The number of alkyl halides is 4. The summed E-state index contributed by atoms with van der Waals surface area (Å²) < 4.78 is 97.7. The average Bonchev–Trinajstić information content (AvgIpc) is 3.76. The van der Waals surface area contributed by atoms with Crippen molar-refractivity contribution in [2.75, 3.05) is 37.7 Å². The number of nitriles is 1. The van der Waals surface area contributed by atoms with Crippen molar-refractivity contribution < 1.29 is 31.1 Å². The van der Waals surface area contributed by atoms with Crippen LogP contribution in [0.3, 0.4) is 0 Å². The number of H-pyrrole nitrogens is 1. The zero-order chi connectivity index (χ0) is 32.8. The molecule has 246 valence electrons. The molecule has 0 unspecified atom stereocenters. The SMILES string of the molecule is Cc1cc2[nH]nc(C#N)c2c(-c2c(F)cc3c(N4C[C@H]5CC[C@@H](C4)N5)nc(OC[C@@]45CCCN4C[C@H](F)C5)nc3c2F)c1C(F)(F)F. The Bertz CT molecular complexity index is 1960. The van der Waals surface area contributed by atoms with Crippen LogP contribution >= 0.6 is 0 Å². The summed E-state index contributed by atoms with van der Waals surface area (Å²) in [4.78, 5) is 12.9. The molecule has 6 heterocycles. The molecule has 2 N–H and O–H groups in total. The van der Waals surface area contributed by atoms with Gasteiger partial charge < -0.3 is 15.0 Å². The monoisotopic (exact) mass is 656 g/mol. The van der Waals surface area contributed by atoms with Gasteiger partial charge in [-0.15, -0.1) is 0 Å². The van der Waals surface area contributed by atoms with Crippen molar-refractivity contribution in [1.29, 1.82) is 5.26 Å². The molecular weight excluding hydrogens is 626 g/mol. The maximum Gasteiger partial charge on any atom is 0.417 e. The van der Waals surface area contributed by atoms with Gasteiger partial charge in [-0.3, -0.25) is 10.00 Å². The zero-order valence-electron chi connectivity index (χ0n) is 25.3. The third-order valence-electron chi connectivity index (χ3n) is 10.3. The van der Waals surface area contributed by atoms with Crippen LogP contribution in [-0.4, -0.2) is 81.6 Å². The summed E-state index contributed by atoms with van der Waals surface area (Å²) >= 11 is 0. The molecule has 2 aromatic heterocycles. The molecule has 4 aromatic rings. The minimum Gasteiger partial charge on any atom is -0.461 e. The molecule has 9 nitrogen and oxygen atoms in total. The molecule has 47 heavy (non-hydrogen) atoms. The van der Waals surface area contributed by atoms with Gasteiger partial charge in [-0.2, -0.15) is 33.5 Å². The number of hydrogen-bond donors (Lipinski definition) is 2. The number of piperazine rings is 1. The summed E-state index contributed by atoms with van der Waals surface area (Å²) in [6.45, 7) is 3.21. The van der Waals surface area contributed by atoms with Gasteiger partial charge >= 0.3 is 12.2 Å². The Morgan fingerprint density at radius 2 is 1.87 bits per heavy atom. The number of aryl methyl sites for hydroxylation is 1. The van der Waals surface area contributed by atoms with E-state index >= 15 is 8.78 Å². The Kier molecular flexibility index (Phi) is 6.86. The fraction of sp³-hybridized carbons (Fsp3) is 0.500. The van der Waals surface area contributed by atoms with Crippen LogP contribution < -0.4 is 15.0 Å². The summed E-state index contributed by atoms with van der Waals surface area (Å²) in [5.41, 5.74) is -4.82. The first-order valence-electron chi connectivity index (χ1n) is 15.7. The molecule has 0 aliphatic carbocycles. The summed E-state index contributed by atoms with van der Waals surface area (Å²) in [7, 11) is 0. The number of halogens is 6. The molecule has 0 spiro atoms. The molecule has 4 fully saturated rings. The van der Waals surface area contributed by atoms with Crippen molar-refractivity contribution >= 4 is 27.6 Å². The molecule has 0 radical (unpaired) electrons. The number of hydrogen-bond acceptors (Lipinski definition) is 8. The normalized spacial score (nSPS) is 26.0. The van der Waals surface area contributed by atoms with Crippen LogP contribution in [0, 0.1) is 29.9 Å². The number of nitrogens with one attached hydrogen (secondary N) is 2. The molecule has 4 aliphatic heterocycles. The van der Waals surface area contributed by atoms with Gasteiger partial charge in [-0.05, 0) is 56.8 Å². The van der Waals surface area contributed by atoms with E-state index < -0.39 is 57.4 Å².